The van der Waals surface area contributed by atoms with Crippen LogP contribution in [0, 0.1) is 0 Å². The van der Waals surface area contributed by atoms with Gasteiger partial charge in [0.25, 0.3) is 5.91 Å². The summed E-state index contributed by atoms with van der Waals surface area (Å²) < 4.78 is 43.2. The minimum Gasteiger partial charge on any atom is -0.483 e. The fourth-order valence-electron chi connectivity index (χ4n) is 1.67. The first-order valence-corrected chi connectivity index (χ1v) is 6.46. The Bertz CT molecular complexity index is 531. The van der Waals surface area contributed by atoms with Crippen molar-refractivity contribution in [3.8, 4) is 5.75 Å². The van der Waals surface area contributed by atoms with E-state index in [1.54, 1.807) is 0 Å². The Kier molecular flexibility index (Phi) is 6.21. The summed E-state index contributed by atoms with van der Waals surface area (Å²) in [4.78, 5) is 23.3. The number of benzene rings is 1. The molecule has 0 fully saturated rings. The zero-order valence-electron chi connectivity index (χ0n) is 11.9. The molecule has 0 atom stereocenters. The van der Waals surface area contributed by atoms with E-state index in [0.717, 1.165) is 12.1 Å². The van der Waals surface area contributed by atoms with Crippen molar-refractivity contribution in [1.29, 1.82) is 0 Å². The second kappa shape index (κ2) is 7.67. The van der Waals surface area contributed by atoms with E-state index >= 15 is 0 Å². The van der Waals surface area contributed by atoms with Gasteiger partial charge in [0, 0.05) is 20.0 Å². The fourth-order valence-corrected chi connectivity index (χ4v) is 1.67. The summed E-state index contributed by atoms with van der Waals surface area (Å²) in [5, 5.41) is 8.49. The predicted molar refractivity (Wildman–Crippen MR) is 71.4 cm³/mol. The van der Waals surface area contributed by atoms with Crippen LogP contribution in [-0.2, 0) is 15.8 Å². The zero-order chi connectivity index (χ0) is 16.8. The molecule has 1 N–H and O–H groups in total. The van der Waals surface area contributed by atoms with E-state index in [1.807, 2.05) is 0 Å². The quantitative estimate of drug-likeness (QED) is 0.838. The molecule has 0 aliphatic carbocycles. The van der Waals surface area contributed by atoms with E-state index < -0.39 is 36.0 Å². The summed E-state index contributed by atoms with van der Waals surface area (Å²) in [5.74, 6) is -1.92. The Hall–Kier alpha value is -2.25. The monoisotopic (exact) mass is 319 g/mol. The van der Waals surface area contributed by atoms with Crippen LogP contribution in [0.15, 0.2) is 24.3 Å². The van der Waals surface area contributed by atoms with Gasteiger partial charge in [0.1, 0.15) is 5.75 Å². The average Bonchev–Trinajstić information content (AvgIpc) is 2.43. The molecular weight excluding hydrogens is 303 g/mol. The molecule has 0 saturated heterocycles. The molecule has 1 aromatic rings. The van der Waals surface area contributed by atoms with Gasteiger partial charge in [-0.3, -0.25) is 9.59 Å². The highest BCUT2D eigenvalue weighted by Gasteiger charge is 2.34. The van der Waals surface area contributed by atoms with Gasteiger partial charge in [-0.2, -0.15) is 13.2 Å². The average molecular weight is 319 g/mol. The lowest BCUT2D eigenvalue weighted by atomic mass is 10.2. The lowest BCUT2D eigenvalue weighted by Crippen LogP contribution is -2.32. The molecule has 22 heavy (non-hydrogen) atoms. The van der Waals surface area contributed by atoms with Gasteiger partial charge in [-0.05, 0) is 18.6 Å². The van der Waals surface area contributed by atoms with Gasteiger partial charge in [-0.1, -0.05) is 12.1 Å². The Morgan fingerprint density at radius 2 is 1.91 bits per heavy atom. The molecule has 0 aliphatic rings. The van der Waals surface area contributed by atoms with Gasteiger partial charge in [0.2, 0.25) is 0 Å². The summed E-state index contributed by atoms with van der Waals surface area (Å²) in [6.45, 7) is -0.355. The maximum atomic E-state index is 12.7. The summed E-state index contributed by atoms with van der Waals surface area (Å²) in [7, 11) is 1.43. The number of para-hydroxylation sites is 1. The van der Waals surface area contributed by atoms with Crippen molar-refractivity contribution < 1.29 is 32.6 Å². The van der Waals surface area contributed by atoms with Crippen molar-refractivity contribution in [3.63, 3.8) is 0 Å². The SMILES string of the molecule is CN(CCCC(=O)O)C(=O)COc1ccccc1C(F)(F)F. The normalized spacial score (nSPS) is 11.1. The molecule has 0 bridgehead atoms. The Labute approximate surface area is 125 Å². The van der Waals surface area contributed by atoms with E-state index in [-0.39, 0.29) is 19.4 Å². The predicted octanol–water partition coefficient (Wildman–Crippen LogP) is 2.41. The smallest absolute Gasteiger partial charge is 0.419 e. The Balaban J connectivity index is 2.56. The molecule has 1 amide bonds. The van der Waals surface area contributed by atoms with Crippen LogP contribution < -0.4 is 4.74 Å². The molecular formula is C14H16F3NO4. The molecule has 0 spiro atoms. The first-order valence-electron chi connectivity index (χ1n) is 6.46. The zero-order valence-corrected chi connectivity index (χ0v) is 11.9. The molecule has 8 heteroatoms. The summed E-state index contributed by atoms with van der Waals surface area (Å²) in [6.07, 6.45) is -4.39. The summed E-state index contributed by atoms with van der Waals surface area (Å²) in [5.41, 5.74) is -0.948. The minimum absolute atomic E-state index is 0.0879. The maximum Gasteiger partial charge on any atom is 0.419 e. The van der Waals surface area contributed by atoms with Crippen LogP contribution in [0.4, 0.5) is 13.2 Å². The number of hydrogen-bond acceptors (Lipinski definition) is 3. The van der Waals surface area contributed by atoms with E-state index in [0.29, 0.717) is 0 Å². The summed E-state index contributed by atoms with van der Waals surface area (Å²) >= 11 is 0. The lowest BCUT2D eigenvalue weighted by Gasteiger charge is -2.18. The van der Waals surface area contributed by atoms with Crippen molar-refractivity contribution in [3.05, 3.63) is 29.8 Å². The molecule has 1 aromatic carbocycles. The van der Waals surface area contributed by atoms with Gasteiger partial charge in [-0.15, -0.1) is 0 Å². The standard InChI is InChI=1S/C14H16F3NO4/c1-18(8-4-7-13(20)21)12(19)9-22-11-6-3-2-5-10(11)14(15,16)17/h2-3,5-6H,4,7-9H2,1H3,(H,20,21). The van der Waals surface area contributed by atoms with Gasteiger partial charge in [0.15, 0.2) is 6.61 Å². The number of aliphatic carboxylic acids is 1. The maximum absolute atomic E-state index is 12.7. The largest absolute Gasteiger partial charge is 0.483 e. The van der Waals surface area contributed by atoms with Gasteiger partial charge < -0.3 is 14.7 Å². The van der Waals surface area contributed by atoms with Crippen LogP contribution in [0.25, 0.3) is 0 Å². The first-order chi connectivity index (χ1) is 10.2. The number of amides is 1. The molecule has 1 rings (SSSR count). The number of rotatable bonds is 7. The topological polar surface area (TPSA) is 66.8 Å². The van der Waals surface area contributed by atoms with Crippen LogP contribution in [-0.4, -0.2) is 42.1 Å². The molecule has 122 valence electrons. The van der Waals surface area contributed by atoms with Crippen LogP contribution >= 0.6 is 0 Å². The number of carboxylic acids is 1. The van der Waals surface area contributed by atoms with Crippen molar-refractivity contribution in [2.75, 3.05) is 20.2 Å². The van der Waals surface area contributed by atoms with Gasteiger partial charge >= 0.3 is 12.1 Å². The molecule has 0 aliphatic heterocycles. The highest BCUT2D eigenvalue weighted by molar-refractivity contribution is 5.77. The molecule has 0 heterocycles. The van der Waals surface area contributed by atoms with Crippen molar-refractivity contribution in [2.24, 2.45) is 0 Å². The van der Waals surface area contributed by atoms with Crippen molar-refractivity contribution >= 4 is 11.9 Å². The summed E-state index contributed by atoms with van der Waals surface area (Å²) in [6, 6.07) is 4.62. The Morgan fingerprint density at radius 1 is 1.27 bits per heavy atom. The third-order valence-corrected chi connectivity index (χ3v) is 2.85. The van der Waals surface area contributed by atoms with Crippen molar-refractivity contribution in [1.82, 2.24) is 4.90 Å². The van der Waals surface area contributed by atoms with Crippen LogP contribution in [0.1, 0.15) is 18.4 Å². The fraction of sp³-hybridized carbons (Fsp3) is 0.429. The number of nitrogens with zero attached hydrogens (tertiary/aromatic N) is 1. The number of carboxylic acid groups (broad SMARTS) is 1. The number of carbonyl (C=O) groups is 2. The van der Waals surface area contributed by atoms with Crippen molar-refractivity contribution in [2.45, 2.75) is 19.0 Å². The number of ether oxygens (including phenoxy) is 1. The third kappa shape index (κ3) is 5.63. The molecule has 0 aromatic heterocycles. The second-order valence-corrected chi connectivity index (χ2v) is 4.60. The highest BCUT2D eigenvalue weighted by atomic mass is 19.4. The first kappa shape index (κ1) is 17.8. The highest BCUT2D eigenvalue weighted by Crippen LogP contribution is 2.35. The number of likely N-dealkylation sites (N-methyl/N-ethyl adjacent to an activating group) is 1. The van der Waals surface area contributed by atoms with E-state index in [2.05, 4.69) is 0 Å². The molecule has 0 saturated carbocycles. The van der Waals surface area contributed by atoms with E-state index in [4.69, 9.17) is 9.84 Å². The van der Waals surface area contributed by atoms with Crippen LogP contribution in [0.2, 0.25) is 0 Å². The molecule has 5 nitrogen and oxygen atoms in total. The number of halogens is 3. The number of alkyl halides is 3. The number of carbonyl (C=O) groups excluding carboxylic acids is 1. The second-order valence-electron chi connectivity index (χ2n) is 4.60. The Morgan fingerprint density at radius 3 is 2.50 bits per heavy atom. The van der Waals surface area contributed by atoms with Gasteiger partial charge in [-0.25, -0.2) is 0 Å². The molecule has 0 unspecified atom stereocenters. The van der Waals surface area contributed by atoms with E-state index in [1.165, 1.54) is 24.1 Å². The van der Waals surface area contributed by atoms with Gasteiger partial charge in [0.05, 0.1) is 5.56 Å². The third-order valence-electron chi connectivity index (χ3n) is 2.85. The van der Waals surface area contributed by atoms with Crippen LogP contribution in [0.3, 0.4) is 0 Å². The van der Waals surface area contributed by atoms with Crippen LogP contribution in [0.5, 0.6) is 5.75 Å². The van der Waals surface area contributed by atoms with E-state index in [9.17, 15) is 22.8 Å². The molecule has 0 radical (unpaired) electrons. The number of hydrogen-bond donors (Lipinski definition) is 1. The lowest BCUT2D eigenvalue weighted by molar-refractivity contribution is -0.140. The minimum atomic E-state index is -4.56.